The summed E-state index contributed by atoms with van der Waals surface area (Å²) in [5.74, 6) is -1.22. The van der Waals surface area contributed by atoms with Crippen LogP contribution in [0.15, 0.2) is 42.5 Å². The van der Waals surface area contributed by atoms with Gasteiger partial charge in [-0.3, -0.25) is 4.79 Å². The monoisotopic (exact) mass is 290 g/mol. The van der Waals surface area contributed by atoms with Gasteiger partial charge in [0.2, 0.25) is 0 Å². The minimum absolute atomic E-state index is 0.180. The summed E-state index contributed by atoms with van der Waals surface area (Å²) >= 11 is 0. The largest absolute Gasteiger partial charge is 0.382 e. The molecule has 0 unspecified atom stereocenters. The van der Waals surface area contributed by atoms with Crippen LogP contribution in [0.3, 0.4) is 0 Å². The maximum atomic E-state index is 13.8. The molecule has 0 bridgehead atoms. The molecule has 1 N–H and O–H groups in total. The second-order valence-corrected chi connectivity index (χ2v) is 4.53. The molecule has 0 heterocycles. The van der Waals surface area contributed by atoms with E-state index in [1.54, 1.807) is 13.1 Å². The van der Waals surface area contributed by atoms with Crippen molar-refractivity contribution in [3.8, 4) is 0 Å². The molecule has 3 nitrogen and oxygen atoms in total. The van der Waals surface area contributed by atoms with Crippen LogP contribution < -0.4 is 10.2 Å². The van der Waals surface area contributed by atoms with Gasteiger partial charge in [0.05, 0.1) is 11.3 Å². The van der Waals surface area contributed by atoms with E-state index < -0.39 is 5.82 Å². The lowest BCUT2D eigenvalue weighted by atomic mass is 10.1. The van der Waals surface area contributed by atoms with Crippen LogP contribution in [0.1, 0.15) is 17.3 Å². The lowest BCUT2D eigenvalue weighted by Crippen LogP contribution is -2.27. The number of nitrogens with one attached hydrogen (secondary N) is 1. The zero-order valence-electron chi connectivity index (χ0n) is 11.9. The fourth-order valence-corrected chi connectivity index (χ4v) is 2.02. The molecule has 2 aromatic rings. The van der Waals surface area contributed by atoms with Crippen LogP contribution in [0.4, 0.5) is 20.2 Å². The molecule has 0 fully saturated rings. The molecule has 0 aliphatic heterocycles. The Morgan fingerprint density at radius 1 is 1.14 bits per heavy atom. The normalized spacial score (nSPS) is 10.3. The van der Waals surface area contributed by atoms with E-state index >= 15 is 0 Å². The van der Waals surface area contributed by atoms with E-state index in [2.05, 4.69) is 5.32 Å². The molecule has 0 saturated heterocycles. The summed E-state index contributed by atoms with van der Waals surface area (Å²) in [5, 5.41) is 2.86. The Bertz CT molecular complexity index is 641. The van der Waals surface area contributed by atoms with Gasteiger partial charge in [0, 0.05) is 19.3 Å². The van der Waals surface area contributed by atoms with Gasteiger partial charge in [0.25, 0.3) is 5.91 Å². The predicted octanol–water partition coefficient (Wildman–Crippen LogP) is 3.67. The first-order valence-corrected chi connectivity index (χ1v) is 6.60. The number of carbonyl (C=O) groups excluding carboxylic acids is 1. The fourth-order valence-electron chi connectivity index (χ4n) is 2.02. The molecule has 0 aliphatic rings. The summed E-state index contributed by atoms with van der Waals surface area (Å²) in [6.45, 7) is 2.33. The summed E-state index contributed by atoms with van der Waals surface area (Å²) < 4.78 is 26.8. The highest BCUT2D eigenvalue weighted by atomic mass is 19.1. The number of anilines is 2. The number of rotatable bonds is 4. The quantitative estimate of drug-likeness (QED) is 0.931. The molecule has 110 valence electrons. The highest BCUT2D eigenvalue weighted by Crippen LogP contribution is 2.23. The van der Waals surface area contributed by atoms with E-state index in [4.69, 9.17) is 0 Å². The summed E-state index contributed by atoms with van der Waals surface area (Å²) in [6.07, 6.45) is 0. The molecule has 2 aromatic carbocycles. The number of para-hydroxylation sites is 1. The van der Waals surface area contributed by atoms with E-state index in [1.165, 1.54) is 41.3 Å². The highest BCUT2D eigenvalue weighted by Gasteiger charge is 2.19. The first-order valence-electron chi connectivity index (χ1n) is 6.60. The smallest absolute Gasteiger partial charge is 0.260 e. The average molecular weight is 290 g/mol. The van der Waals surface area contributed by atoms with Gasteiger partial charge in [-0.05, 0) is 43.3 Å². The highest BCUT2D eigenvalue weighted by molar-refractivity contribution is 6.09. The third kappa shape index (κ3) is 3.18. The zero-order chi connectivity index (χ0) is 15.4. The van der Waals surface area contributed by atoms with Gasteiger partial charge in [0.15, 0.2) is 0 Å². The van der Waals surface area contributed by atoms with Crippen LogP contribution in [0, 0.1) is 11.6 Å². The number of halogens is 2. The van der Waals surface area contributed by atoms with Gasteiger partial charge in [0.1, 0.15) is 11.6 Å². The SMILES string of the molecule is CCNc1c(F)cccc1C(=O)N(C)c1ccc(F)cc1. The first kappa shape index (κ1) is 15.0. The third-order valence-corrected chi connectivity index (χ3v) is 3.12. The second kappa shape index (κ2) is 6.35. The maximum absolute atomic E-state index is 13.8. The summed E-state index contributed by atoms with van der Waals surface area (Å²) in [4.78, 5) is 13.9. The van der Waals surface area contributed by atoms with Gasteiger partial charge < -0.3 is 10.2 Å². The zero-order valence-corrected chi connectivity index (χ0v) is 11.9. The lowest BCUT2D eigenvalue weighted by molar-refractivity contribution is 0.0993. The van der Waals surface area contributed by atoms with Crippen molar-refractivity contribution >= 4 is 17.3 Å². The van der Waals surface area contributed by atoms with Crippen LogP contribution in [0.5, 0.6) is 0 Å². The molecular formula is C16H16F2N2O. The Morgan fingerprint density at radius 2 is 1.81 bits per heavy atom. The first-order chi connectivity index (χ1) is 10.0. The molecular weight excluding hydrogens is 274 g/mol. The number of hydrogen-bond acceptors (Lipinski definition) is 2. The topological polar surface area (TPSA) is 32.3 Å². The number of benzene rings is 2. The Kier molecular flexibility index (Phi) is 4.52. The van der Waals surface area contributed by atoms with Gasteiger partial charge >= 0.3 is 0 Å². The Labute approximate surface area is 122 Å². The number of carbonyl (C=O) groups is 1. The fraction of sp³-hybridized carbons (Fsp3) is 0.188. The summed E-state index contributed by atoms with van der Waals surface area (Å²) in [7, 11) is 1.57. The molecule has 0 radical (unpaired) electrons. The van der Waals surface area contributed by atoms with Crippen molar-refractivity contribution in [3.05, 3.63) is 59.7 Å². The minimum atomic E-state index is -0.477. The van der Waals surface area contributed by atoms with Crippen LogP contribution in [0.25, 0.3) is 0 Å². The molecule has 0 saturated carbocycles. The van der Waals surface area contributed by atoms with E-state index in [0.717, 1.165) is 0 Å². The molecule has 0 spiro atoms. The van der Waals surface area contributed by atoms with Gasteiger partial charge in [-0.2, -0.15) is 0 Å². The Morgan fingerprint density at radius 3 is 2.43 bits per heavy atom. The van der Waals surface area contributed by atoms with Crippen molar-refractivity contribution in [1.29, 1.82) is 0 Å². The van der Waals surface area contributed by atoms with Crippen LogP contribution >= 0.6 is 0 Å². The molecule has 2 rings (SSSR count). The van der Waals surface area contributed by atoms with Crippen molar-refractivity contribution < 1.29 is 13.6 Å². The van der Waals surface area contributed by atoms with Crippen molar-refractivity contribution in [2.45, 2.75) is 6.92 Å². The number of nitrogens with zero attached hydrogens (tertiary/aromatic N) is 1. The molecule has 0 atom stereocenters. The predicted molar refractivity (Wildman–Crippen MR) is 79.7 cm³/mol. The van der Waals surface area contributed by atoms with Crippen LogP contribution in [-0.2, 0) is 0 Å². The molecule has 1 amide bonds. The minimum Gasteiger partial charge on any atom is -0.382 e. The summed E-state index contributed by atoms with van der Waals surface area (Å²) in [6, 6.07) is 9.89. The summed E-state index contributed by atoms with van der Waals surface area (Å²) in [5.41, 5.74) is 0.954. The lowest BCUT2D eigenvalue weighted by Gasteiger charge is -2.19. The van der Waals surface area contributed by atoms with Crippen molar-refractivity contribution in [2.24, 2.45) is 0 Å². The number of amides is 1. The van der Waals surface area contributed by atoms with Crippen molar-refractivity contribution in [1.82, 2.24) is 0 Å². The Hall–Kier alpha value is -2.43. The second-order valence-electron chi connectivity index (χ2n) is 4.53. The van der Waals surface area contributed by atoms with E-state index in [9.17, 15) is 13.6 Å². The Balaban J connectivity index is 2.35. The average Bonchev–Trinajstić information content (AvgIpc) is 2.49. The van der Waals surface area contributed by atoms with Gasteiger partial charge in [-0.25, -0.2) is 8.78 Å². The van der Waals surface area contributed by atoms with Crippen molar-refractivity contribution in [3.63, 3.8) is 0 Å². The standard InChI is InChI=1S/C16H16F2N2O/c1-3-19-15-13(5-4-6-14(15)18)16(21)20(2)12-9-7-11(17)8-10-12/h4-10,19H,3H2,1-2H3. The van der Waals surface area contributed by atoms with Crippen LogP contribution in [0.2, 0.25) is 0 Å². The van der Waals surface area contributed by atoms with Crippen molar-refractivity contribution in [2.75, 3.05) is 23.8 Å². The maximum Gasteiger partial charge on any atom is 0.260 e. The van der Waals surface area contributed by atoms with Crippen LogP contribution in [-0.4, -0.2) is 19.5 Å². The van der Waals surface area contributed by atoms with E-state index in [0.29, 0.717) is 12.2 Å². The van der Waals surface area contributed by atoms with E-state index in [1.807, 2.05) is 6.92 Å². The van der Waals surface area contributed by atoms with E-state index in [-0.39, 0.29) is 23.0 Å². The number of hydrogen-bond donors (Lipinski definition) is 1. The molecule has 5 heteroatoms. The molecule has 21 heavy (non-hydrogen) atoms. The van der Waals surface area contributed by atoms with Gasteiger partial charge in [-0.15, -0.1) is 0 Å². The molecule has 0 aliphatic carbocycles. The molecule has 0 aromatic heterocycles. The third-order valence-electron chi connectivity index (χ3n) is 3.12. The van der Waals surface area contributed by atoms with Gasteiger partial charge in [-0.1, -0.05) is 6.07 Å².